The summed E-state index contributed by atoms with van der Waals surface area (Å²) in [5.41, 5.74) is 2.17. The fourth-order valence-corrected chi connectivity index (χ4v) is 3.70. The minimum atomic E-state index is -0.385. The van der Waals surface area contributed by atoms with Crippen molar-refractivity contribution in [1.29, 1.82) is 0 Å². The van der Waals surface area contributed by atoms with E-state index >= 15 is 0 Å². The molecule has 1 amide bonds. The van der Waals surface area contributed by atoms with Gasteiger partial charge in [0.15, 0.2) is 0 Å². The van der Waals surface area contributed by atoms with Gasteiger partial charge in [-0.3, -0.25) is 4.79 Å². The van der Waals surface area contributed by atoms with Crippen LogP contribution in [0.25, 0.3) is 0 Å². The first kappa shape index (κ1) is 21.0. The lowest BCUT2D eigenvalue weighted by Crippen LogP contribution is -2.35. The van der Waals surface area contributed by atoms with Crippen LogP contribution in [0.5, 0.6) is 0 Å². The molecule has 1 aromatic carbocycles. The first-order valence-corrected chi connectivity index (χ1v) is 9.85. The van der Waals surface area contributed by atoms with E-state index in [9.17, 15) is 9.18 Å². The lowest BCUT2D eigenvalue weighted by Gasteiger charge is -2.26. The normalized spacial score (nSPS) is 17.1. The predicted molar refractivity (Wildman–Crippen MR) is 112 cm³/mol. The van der Waals surface area contributed by atoms with E-state index in [0.29, 0.717) is 29.6 Å². The summed E-state index contributed by atoms with van der Waals surface area (Å²) in [7, 11) is 2.00. The smallest absolute Gasteiger partial charge is 0.257 e. The molecule has 0 radical (unpaired) electrons. The van der Waals surface area contributed by atoms with E-state index in [4.69, 9.17) is 11.6 Å². The van der Waals surface area contributed by atoms with Gasteiger partial charge in [-0.1, -0.05) is 24.2 Å². The van der Waals surface area contributed by atoms with Crippen LogP contribution in [-0.2, 0) is 0 Å². The Bertz CT molecular complexity index is 904. The van der Waals surface area contributed by atoms with Crippen molar-refractivity contribution >= 4 is 23.5 Å². The van der Waals surface area contributed by atoms with Gasteiger partial charge in [-0.25, -0.2) is 14.4 Å². The van der Waals surface area contributed by atoms with Gasteiger partial charge in [0.25, 0.3) is 5.91 Å². The Kier molecular flexibility index (Phi) is 6.37. The van der Waals surface area contributed by atoms with Crippen molar-refractivity contribution in [1.82, 2.24) is 19.8 Å². The molecule has 2 heterocycles. The first-order valence-electron chi connectivity index (χ1n) is 9.47. The Morgan fingerprint density at radius 2 is 2.10 bits per heavy atom. The third-order valence-electron chi connectivity index (χ3n) is 5.27. The zero-order valence-electron chi connectivity index (χ0n) is 16.8. The summed E-state index contributed by atoms with van der Waals surface area (Å²) in [4.78, 5) is 25.2. The van der Waals surface area contributed by atoms with E-state index in [2.05, 4.69) is 26.8 Å². The number of anilines is 1. The lowest BCUT2D eigenvalue weighted by molar-refractivity contribution is 0.0782. The second-order valence-electron chi connectivity index (χ2n) is 7.37. The summed E-state index contributed by atoms with van der Waals surface area (Å²) >= 11 is 6.10. The molecule has 1 saturated heterocycles. The van der Waals surface area contributed by atoms with Crippen LogP contribution in [0.3, 0.4) is 0 Å². The van der Waals surface area contributed by atoms with E-state index in [0.717, 1.165) is 17.7 Å². The van der Waals surface area contributed by atoms with Crippen molar-refractivity contribution < 1.29 is 9.18 Å². The molecule has 2 aromatic rings. The van der Waals surface area contributed by atoms with E-state index in [1.165, 1.54) is 24.5 Å². The van der Waals surface area contributed by atoms with Crippen LogP contribution >= 0.6 is 11.6 Å². The predicted octanol–water partition coefficient (Wildman–Crippen LogP) is 4.12. The molecule has 2 unspecified atom stereocenters. The SMILES string of the molecule is C=C(C)N(C)C1CCN(C(=O)c2cnc(NC(C)c3ccc(F)cc3Cl)nc2)C1. The molecule has 0 bridgehead atoms. The zero-order chi connectivity index (χ0) is 21.1. The highest BCUT2D eigenvalue weighted by Crippen LogP contribution is 2.26. The second kappa shape index (κ2) is 8.78. The highest BCUT2D eigenvalue weighted by Gasteiger charge is 2.29. The molecule has 0 spiro atoms. The van der Waals surface area contributed by atoms with Crippen molar-refractivity contribution in [2.45, 2.75) is 32.4 Å². The van der Waals surface area contributed by atoms with Crippen LogP contribution in [0.2, 0.25) is 5.02 Å². The van der Waals surface area contributed by atoms with Crippen LogP contribution in [0.4, 0.5) is 10.3 Å². The number of rotatable bonds is 6. The highest BCUT2D eigenvalue weighted by molar-refractivity contribution is 6.31. The number of carbonyl (C=O) groups excluding carboxylic acids is 1. The van der Waals surface area contributed by atoms with E-state index < -0.39 is 0 Å². The van der Waals surface area contributed by atoms with Crippen LogP contribution in [0.1, 0.15) is 42.2 Å². The molecule has 1 N–H and O–H groups in total. The van der Waals surface area contributed by atoms with Crippen LogP contribution in [-0.4, -0.2) is 51.9 Å². The van der Waals surface area contributed by atoms with Crippen LogP contribution in [0.15, 0.2) is 42.9 Å². The standard InChI is InChI=1S/C21H25ClFN5O/c1-13(2)27(4)17-7-8-28(12-17)20(29)15-10-24-21(25-11-15)26-14(3)18-6-5-16(23)9-19(18)22/h5-6,9-11,14,17H,1,7-8,12H2,2-4H3,(H,24,25,26). The van der Waals surface area contributed by atoms with Gasteiger partial charge < -0.3 is 15.1 Å². The van der Waals surface area contributed by atoms with Gasteiger partial charge in [-0.05, 0) is 38.0 Å². The Balaban J connectivity index is 1.62. The number of carbonyl (C=O) groups is 1. The van der Waals surface area contributed by atoms with Gasteiger partial charge in [0.05, 0.1) is 11.6 Å². The number of likely N-dealkylation sites (N-methyl/N-ethyl adjacent to an activating group) is 1. The van der Waals surface area contributed by atoms with Gasteiger partial charge in [-0.15, -0.1) is 0 Å². The molecule has 29 heavy (non-hydrogen) atoms. The summed E-state index contributed by atoms with van der Waals surface area (Å²) in [5, 5.41) is 3.45. The summed E-state index contributed by atoms with van der Waals surface area (Å²) in [6.07, 6.45) is 3.95. The number of nitrogens with zero attached hydrogens (tertiary/aromatic N) is 4. The largest absolute Gasteiger partial charge is 0.374 e. The van der Waals surface area contributed by atoms with Crippen LogP contribution in [0, 0.1) is 5.82 Å². The van der Waals surface area contributed by atoms with Crippen molar-refractivity contribution in [2.75, 3.05) is 25.5 Å². The average molecular weight is 418 g/mol. The molecule has 2 atom stereocenters. The molecular weight excluding hydrogens is 393 g/mol. The van der Waals surface area contributed by atoms with Gasteiger partial charge in [0.2, 0.25) is 5.95 Å². The Labute approximate surface area is 175 Å². The maximum atomic E-state index is 13.2. The number of hydrogen-bond donors (Lipinski definition) is 1. The molecule has 3 rings (SSSR count). The molecule has 0 saturated carbocycles. The molecule has 0 aliphatic carbocycles. The topological polar surface area (TPSA) is 61.4 Å². The minimum Gasteiger partial charge on any atom is -0.374 e. The number of amides is 1. The number of aromatic nitrogens is 2. The van der Waals surface area contributed by atoms with Crippen molar-refractivity contribution in [3.05, 3.63) is 64.8 Å². The monoisotopic (exact) mass is 417 g/mol. The van der Waals surface area contributed by atoms with Gasteiger partial charge in [0.1, 0.15) is 5.82 Å². The van der Waals surface area contributed by atoms with Crippen molar-refractivity contribution in [2.24, 2.45) is 0 Å². The molecule has 1 aromatic heterocycles. The van der Waals surface area contributed by atoms with Gasteiger partial charge in [0, 0.05) is 49.3 Å². The third-order valence-corrected chi connectivity index (χ3v) is 5.60. The second-order valence-corrected chi connectivity index (χ2v) is 7.77. The molecule has 154 valence electrons. The van der Waals surface area contributed by atoms with E-state index in [-0.39, 0.29) is 23.8 Å². The highest BCUT2D eigenvalue weighted by atomic mass is 35.5. The number of benzene rings is 1. The van der Waals surface area contributed by atoms with Crippen molar-refractivity contribution in [3.8, 4) is 0 Å². The summed E-state index contributed by atoms with van der Waals surface area (Å²) in [6, 6.07) is 4.31. The number of nitrogens with one attached hydrogen (secondary N) is 1. The Morgan fingerprint density at radius 3 is 2.72 bits per heavy atom. The Hall–Kier alpha value is -2.67. The molecule has 8 heteroatoms. The first-order chi connectivity index (χ1) is 13.8. The van der Waals surface area contributed by atoms with Crippen LogP contribution < -0.4 is 5.32 Å². The zero-order valence-corrected chi connectivity index (χ0v) is 17.6. The number of likely N-dealkylation sites (tertiary alicyclic amines) is 1. The Morgan fingerprint density at radius 1 is 1.41 bits per heavy atom. The quantitative estimate of drug-likeness (QED) is 0.766. The minimum absolute atomic E-state index is 0.0798. The number of halogens is 2. The number of hydrogen-bond acceptors (Lipinski definition) is 5. The summed E-state index contributed by atoms with van der Waals surface area (Å²) in [5.74, 6) is -0.0942. The lowest BCUT2D eigenvalue weighted by atomic mass is 10.1. The third kappa shape index (κ3) is 4.85. The maximum absolute atomic E-state index is 13.2. The molecular formula is C21H25ClFN5O. The fourth-order valence-electron chi connectivity index (χ4n) is 3.37. The van der Waals surface area contributed by atoms with Gasteiger partial charge in [-0.2, -0.15) is 0 Å². The molecule has 1 aliphatic rings. The number of allylic oxidation sites excluding steroid dienone is 1. The summed E-state index contributed by atoms with van der Waals surface area (Å²) < 4.78 is 13.2. The van der Waals surface area contributed by atoms with E-state index in [1.807, 2.05) is 25.8 Å². The molecule has 6 nitrogen and oxygen atoms in total. The van der Waals surface area contributed by atoms with Crippen molar-refractivity contribution in [3.63, 3.8) is 0 Å². The maximum Gasteiger partial charge on any atom is 0.257 e. The fraction of sp³-hybridized carbons (Fsp3) is 0.381. The summed E-state index contributed by atoms with van der Waals surface area (Å²) in [6.45, 7) is 9.15. The molecule has 1 aliphatic heterocycles. The average Bonchev–Trinajstić information content (AvgIpc) is 3.17. The van der Waals surface area contributed by atoms with Gasteiger partial charge >= 0.3 is 0 Å². The van der Waals surface area contributed by atoms with E-state index in [1.54, 1.807) is 6.07 Å². The molecule has 1 fully saturated rings.